The van der Waals surface area contributed by atoms with Crippen LogP contribution >= 0.6 is 0 Å². The van der Waals surface area contributed by atoms with Crippen LogP contribution in [0, 0.1) is 5.92 Å². The lowest BCUT2D eigenvalue weighted by molar-refractivity contribution is 0.138. The molecule has 0 radical (unpaired) electrons. The van der Waals surface area contributed by atoms with Crippen molar-refractivity contribution < 1.29 is 0 Å². The zero-order chi connectivity index (χ0) is 10.7. The van der Waals surface area contributed by atoms with E-state index in [1.54, 1.807) is 0 Å². The van der Waals surface area contributed by atoms with E-state index in [-0.39, 0.29) is 0 Å². The molecular weight excluding hydrogens is 184 g/mol. The van der Waals surface area contributed by atoms with Gasteiger partial charge < -0.3 is 10.6 Å². The molecule has 2 N–H and O–H groups in total. The van der Waals surface area contributed by atoms with Crippen molar-refractivity contribution in [2.24, 2.45) is 11.7 Å². The molecule has 1 aliphatic heterocycles. The Kier molecular flexibility index (Phi) is 4.04. The molecule has 2 aliphatic rings. The fourth-order valence-corrected chi connectivity index (χ4v) is 2.89. The van der Waals surface area contributed by atoms with E-state index in [4.69, 9.17) is 5.73 Å². The van der Waals surface area contributed by atoms with Crippen LogP contribution in [0.15, 0.2) is 0 Å². The molecule has 0 aromatic heterocycles. The third kappa shape index (κ3) is 3.18. The van der Waals surface area contributed by atoms with Gasteiger partial charge in [0.05, 0.1) is 0 Å². The monoisotopic (exact) mass is 210 g/mol. The molecule has 1 saturated heterocycles. The van der Waals surface area contributed by atoms with Crippen molar-refractivity contribution in [1.82, 2.24) is 4.90 Å². The number of hydrogen-bond acceptors (Lipinski definition) is 2. The van der Waals surface area contributed by atoms with Crippen molar-refractivity contribution in [3.63, 3.8) is 0 Å². The summed E-state index contributed by atoms with van der Waals surface area (Å²) < 4.78 is 0. The summed E-state index contributed by atoms with van der Waals surface area (Å²) in [5.41, 5.74) is 6.16. The first-order valence-electron chi connectivity index (χ1n) is 6.81. The fourth-order valence-electron chi connectivity index (χ4n) is 2.89. The third-order valence-corrected chi connectivity index (χ3v) is 4.20. The summed E-state index contributed by atoms with van der Waals surface area (Å²) in [6.45, 7) is 4.88. The standard InChI is InChI=1S/C13H26N2/c1-2-12-5-3-4-9-15(12)10-8-13(14)11-6-7-11/h11-13H,2-10,14H2,1H3. The summed E-state index contributed by atoms with van der Waals surface area (Å²) in [5.74, 6) is 0.870. The molecule has 0 spiro atoms. The Labute approximate surface area is 94.2 Å². The minimum absolute atomic E-state index is 0.490. The Morgan fingerprint density at radius 3 is 2.73 bits per heavy atom. The number of nitrogens with two attached hydrogens (primary N) is 1. The van der Waals surface area contributed by atoms with Crippen LogP contribution in [0.1, 0.15) is 51.9 Å². The predicted molar refractivity (Wildman–Crippen MR) is 64.8 cm³/mol. The number of hydrogen-bond donors (Lipinski definition) is 1. The van der Waals surface area contributed by atoms with E-state index in [9.17, 15) is 0 Å². The summed E-state index contributed by atoms with van der Waals surface area (Å²) in [5, 5.41) is 0. The Hall–Kier alpha value is -0.0800. The van der Waals surface area contributed by atoms with E-state index in [0.717, 1.165) is 12.0 Å². The minimum Gasteiger partial charge on any atom is -0.327 e. The van der Waals surface area contributed by atoms with Crippen molar-refractivity contribution in [2.45, 2.75) is 64.0 Å². The second-order valence-corrected chi connectivity index (χ2v) is 5.38. The molecule has 0 amide bonds. The van der Waals surface area contributed by atoms with Crippen LogP contribution in [0.5, 0.6) is 0 Å². The Balaban J connectivity index is 1.71. The van der Waals surface area contributed by atoms with E-state index in [2.05, 4.69) is 11.8 Å². The number of nitrogens with zero attached hydrogens (tertiary/aromatic N) is 1. The van der Waals surface area contributed by atoms with Crippen LogP contribution in [0.2, 0.25) is 0 Å². The summed E-state index contributed by atoms with van der Waals surface area (Å²) in [6.07, 6.45) is 9.56. The molecule has 0 aromatic carbocycles. The van der Waals surface area contributed by atoms with Gasteiger partial charge in [-0.15, -0.1) is 0 Å². The van der Waals surface area contributed by atoms with Crippen molar-refractivity contribution in [2.75, 3.05) is 13.1 Å². The summed E-state index contributed by atoms with van der Waals surface area (Å²) in [4.78, 5) is 2.69. The van der Waals surface area contributed by atoms with Gasteiger partial charge in [0, 0.05) is 12.1 Å². The third-order valence-electron chi connectivity index (χ3n) is 4.20. The molecule has 1 aliphatic carbocycles. The van der Waals surface area contributed by atoms with Gasteiger partial charge in [-0.3, -0.25) is 0 Å². The first-order chi connectivity index (χ1) is 7.31. The lowest BCUT2D eigenvalue weighted by Crippen LogP contribution is -2.41. The van der Waals surface area contributed by atoms with E-state index in [1.807, 2.05) is 0 Å². The lowest BCUT2D eigenvalue weighted by Gasteiger charge is -2.35. The Morgan fingerprint density at radius 2 is 2.07 bits per heavy atom. The first-order valence-corrected chi connectivity index (χ1v) is 6.81. The molecule has 2 fully saturated rings. The topological polar surface area (TPSA) is 29.3 Å². The molecule has 1 heterocycles. The summed E-state index contributed by atoms with van der Waals surface area (Å²) >= 11 is 0. The van der Waals surface area contributed by atoms with E-state index in [0.29, 0.717) is 6.04 Å². The Morgan fingerprint density at radius 1 is 1.27 bits per heavy atom. The highest BCUT2D eigenvalue weighted by Crippen LogP contribution is 2.33. The molecule has 2 heteroatoms. The van der Waals surface area contributed by atoms with Gasteiger partial charge in [0.2, 0.25) is 0 Å². The van der Waals surface area contributed by atoms with Crippen LogP contribution in [-0.2, 0) is 0 Å². The van der Waals surface area contributed by atoms with Crippen molar-refractivity contribution in [1.29, 1.82) is 0 Å². The molecular formula is C13H26N2. The van der Waals surface area contributed by atoms with E-state index >= 15 is 0 Å². The van der Waals surface area contributed by atoms with Gasteiger partial charge in [0.25, 0.3) is 0 Å². The van der Waals surface area contributed by atoms with Crippen LogP contribution in [0.25, 0.3) is 0 Å². The second-order valence-electron chi connectivity index (χ2n) is 5.38. The van der Waals surface area contributed by atoms with Crippen LogP contribution in [-0.4, -0.2) is 30.1 Å². The molecule has 2 atom stereocenters. The van der Waals surface area contributed by atoms with Crippen LogP contribution in [0.3, 0.4) is 0 Å². The molecule has 15 heavy (non-hydrogen) atoms. The zero-order valence-corrected chi connectivity index (χ0v) is 10.1. The van der Waals surface area contributed by atoms with Gasteiger partial charge in [0.1, 0.15) is 0 Å². The molecule has 0 aromatic rings. The van der Waals surface area contributed by atoms with Gasteiger partial charge in [0.15, 0.2) is 0 Å². The number of likely N-dealkylation sites (tertiary alicyclic amines) is 1. The molecule has 0 bridgehead atoms. The highest BCUT2D eigenvalue weighted by Gasteiger charge is 2.29. The van der Waals surface area contributed by atoms with Crippen LogP contribution < -0.4 is 5.73 Å². The quantitative estimate of drug-likeness (QED) is 0.755. The highest BCUT2D eigenvalue weighted by molar-refractivity contribution is 4.85. The molecule has 2 unspecified atom stereocenters. The Bertz CT molecular complexity index is 189. The first kappa shape index (κ1) is 11.4. The van der Waals surface area contributed by atoms with Crippen LogP contribution in [0.4, 0.5) is 0 Å². The predicted octanol–water partition coefficient (Wildman–Crippen LogP) is 2.38. The average molecular weight is 210 g/mol. The van der Waals surface area contributed by atoms with Gasteiger partial charge in [-0.2, -0.15) is 0 Å². The SMILES string of the molecule is CCC1CCCCN1CCC(N)C1CC1. The minimum atomic E-state index is 0.490. The van der Waals surface area contributed by atoms with Gasteiger partial charge in [-0.25, -0.2) is 0 Å². The zero-order valence-electron chi connectivity index (χ0n) is 10.1. The maximum absolute atomic E-state index is 6.16. The second kappa shape index (κ2) is 5.31. The lowest BCUT2D eigenvalue weighted by atomic mass is 9.99. The van der Waals surface area contributed by atoms with Crippen molar-refractivity contribution in [3.05, 3.63) is 0 Å². The van der Waals surface area contributed by atoms with Crippen molar-refractivity contribution >= 4 is 0 Å². The molecule has 88 valence electrons. The van der Waals surface area contributed by atoms with E-state index < -0.39 is 0 Å². The molecule has 2 nitrogen and oxygen atoms in total. The molecule has 1 saturated carbocycles. The number of piperidine rings is 1. The summed E-state index contributed by atoms with van der Waals surface area (Å²) in [7, 11) is 0. The van der Waals surface area contributed by atoms with Gasteiger partial charge >= 0.3 is 0 Å². The summed E-state index contributed by atoms with van der Waals surface area (Å²) in [6, 6.07) is 1.34. The highest BCUT2D eigenvalue weighted by atomic mass is 15.2. The normalized spacial score (nSPS) is 30.4. The maximum atomic E-state index is 6.16. The van der Waals surface area contributed by atoms with Gasteiger partial charge in [-0.1, -0.05) is 13.3 Å². The van der Waals surface area contributed by atoms with Gasteiger partial charge in [-0.05, 0) is 57.5 Å². The fraction of sp³-hybridized carbons (Fsp3) is 1.00. The maximum Gasteiger partial charge on any atom is 0.00926 e. The largest absolute Gasteiger partial charge is 0.327 e. The number of rotatable bonds is 5. The molecule has 2 rings (SSSR count). The van der Waals surface area contributed by atoms with E-state index in [1.165, 1.54) is 58.0 Å². The van der Waals surface area contributed by atoms with Crippen molar-refractivity contribution in [3.8, 4) is 0 Å². The smallest absolute Gasteiger partial charge is 0.00926 e. The average Bonchev–Trinajstić information content (AvgIpc) is 3.10.